The molecule has 0 saturated heterocycles. The standard InChI is InChI=1S/C8H3F6IO/c9-7(10,11)4-1-3(16)2-5(15)6(4)8(12,13)14/h1-2,16H. The smallest absolute Gasteiger partial charge is 0.418 e. The third kappa shape index (κ3) is 2.71. The Hall–Kier alpha value is -0.670. The summed E-state index contributed by atoms with van der Waals surface area (Å²) in [5, 5.41) is 8.88. The molecule has 0 unspecified atom stereocenters. The number of alkyl halides is 6. The number of hydrogen-bond donors (Lipinski definition) is 1. The van der Waals surface area contributed by atoms with Crippen LogP contribution in [0.4, 0.5) is 26.3 Å². The van der Waals surface area contributed by atoms with Crippen molar-refractivity contribution in [1.82, 2.24) is 0 Å². The molecule has 0 fully saturated rings. The third-order valence-electron chi connectivity index (χ3n) is 1.66. The minimum atomic E-state index is -5.16. The van der Waals surface area contributed by atoms with Crippen molar-refractivity contribution in [2.75, 3.05) is 0 Å². The van der Waals surface area contributed by atoms with Crippen molar-refractivity contribution in [2.24, 2.45) is 0 Å². The van der Waals surface area contributed by atoms with Gasteiger partial charge in [-0.05, 0) is 34.7 Å². The summed E-state index contributed by atoms with van der Waals surface area (Å²) in [4.78, 5) is 0. The van der Waals surface area contributed by atoms with E-state index < -0.39 is 32.8 Å². The first kappa shape index (κ1) is 13.4. The van der Waals surface area contributed by atoms with Crippen LogP contribution in [0.25, 0.3) is 0 Å². The molecule has 0 aliphatic rings. The number of benzene rings is 1. The average Bonchev–Trinajstić information content (AvgIpc) is 1.97. The minimum Gasteiger partial charge on any atom is -0.508 e. The normalized spacial score (nSPS) is 12.9. The van der Waals surface area contributed by atoms with Crippen LogP contribution in [0.1, 0.15) is 11.1 Å². The van der Waals surface area contributed by atoms with E-state index in [9.17, 15) is 26.3 Å². The van der Waals surface area contributed by atoms with E-state index in [1.54, 1.807) is 0 Å². The minimum absolute atomic E-state index is 0.0605. The van der Waals surface area contributed by atoms with Gasteiger partial charge in [0.1, 0.15) is 5.75 Å². The molecule has 16 heavy (non-hydrogen) atoms. The van der Waals surface area contributed by atoms with Crippen molar-refractivity contribution >= 4 is 22.6 Å². The Morgan fingerprint density at radius 3 is 1.81 bits per heavy atom. The fourth-order valence-corrected chi connectivity index (χ4v) is 2.02. The Kier molecular flexibility index (Phi) is 3.32. The molecule has 0 heterocycles. The summed E-state index contributed by atoms with van der Waals surface area (Å²) in [6.07, 6.45) is -10.3. The van der Waals surface area contributed by atoms with Gasteiger partial charge in [-0.1, -0.05) is 0 Å². The Labute approximate surface area is 99.2 Å². The molecule has 0 spiro atoms. The molecule has 1 N–H and O–H groups in total. The summed E-state index contributed by atoms with van der Waals surface area (Å²) < 4.78 is 73.4. The van der Waals surface area contributed by atoms with Gasteiger partial charge in [0, 0.05) is 3.57 Å². The summed E-state index contributed by atoms with van der Waals surface area (Å²) >= 11 is 1.10. The molecule has 0 atom stereocenters. The molecule has 0 aliphatic heterocycles. The fraction of sp³-hybridized carbons (Fsp3) is 0.250. The molecule has 90 valence electrons. The monoisotopic (exact) mass is 356 g/mol. The number of phenols is 1. The van der Waals surface area contributed by atoms with E-state index in [0.29, 0.717) is 6.07 Å². The molecule has 1 nitrogen and oxygen atoms in total. The Morgan fingerprint density at radius 2 is 1.44 bits per heavy atom. The Morgan fingerprint density at radius 1 is 0.938 bits per heavy atom. The zero-order valence-electron chi connectivity index (χ0n) is 7.25. The molecule has 0 aliphatic carbocycles. The Balaban J connectivity index is 3.58. The molecule has 1 aromatic carbocycles. The van der Waals surface area contributed by atoms with Crippen molar-refractivity contribution in [3.63, 3.8) is 0 Å². The summed E-state index contributed by atoms with van der Waals surface area (Å²) in [6.45, 7) is 0. The lowest BCUT2D eigenvalue weighted by Gasteiger charge is -2.17. The summed E-state index contributed by atoms with van der Waals surface area (Å²) in [5.41, 5.74) is -3.66. The highest BCUT2D eigenvalue weighted by Crippen LogP contribution is 2.43. The Bertz CT molecular complexity index is 408. The SMILES string of the molecule is Oc1cc(I)c(C(F)(F)F)c(C(F)(F)F)c1. The van der Waals surface area contributed by atoms with E-state index in [-0.39, 0.29) is 6.07 Å². The van der Waals surface area contributed by atoms with Crippen LogP contribution in [0.15, 0.2) is 12.1 Å². The lowest BCUT2D eigenvalue weighted by molar-refractivity contribution is -0.162. The second kappa shape index (κ2) is 3.97. The summed E-state index contributed by atoms with van der Waals surface area (Å²) in [5.74, 6) is -0.857. The molecule has 0 radical (unpaired) electrons. The van der Waals surface area contributed by atoms with Gasteiger partial charge in [0.15, 0.2) is 0 Å². The predicted octanol–water partition coefficient (Wildman–Crippen LogP) is 4.03. The molecule has 0 amide bonds. The maximum absolute atomic E-state index is 12.4. The maximum atomic E-state index is 12.4. The molecule has 8 heteroatoms. The highest BCUT2D eigenvalue weighted by Gasteiger charge is 2.44. The van der Waals surface area contributed by atoms with E-state index >= 15 is 0 Å². The van der Waals surface area contributed by atoms with Crippen LogP contribution in [0.5, 0.6) is 5.75 Å². The van der Waals surface area contributed by atoms with E-state index in [2.05, 4.69) is 0 Å². The molecular formula is C8H3F6IO. The lowest BCUT2D eigenvalue weighted by atomic mass is 10.1. The number of halogens is 7. The number of aromatic hydroxyl groups is 1. The van der Waals surface area contributed by atoms with Crippen LogP contribution in [-0.2, 0) is 12.4 Å². The van der Waals surface area contributed by atoms with Gasteiger partial charge in [-0.2, -0.15) is 26.3 Å². The van der Waals surface area contributed by atoms with E-state index in [1.165, 1.54) is 0 Å². The predicted molar refractivity (Wildman–Crippen MR) is 50.8 cm³/mol. The van der Waals surface area contributed by atoms with Crippen LogP contribution in [-0.4, -0.2) is 5.11 Å². The van der Waals surface area contributed by atoms with Gasteiger partial charge < -0.3 is 5.11 Å². The van der Waals surface area contributed by atoms with Gasteiger partial charge in [-0.15, -0.1) is 0 Å². The zero-order chi connectivity index (χ0) is 12.7. The van der Waals surface area contributed by atoms with Crippen molar-refractivity contribution in [3.8, 4) is 5.75 Å². The lowest BCUT2D eigenvalue weighted by Crippen LogP contribution is -2.18. The van der Waals surface area contributed by atoms with Crippen molar-refractivity contribution in [1.29, 1.82) is 0 Å². The van der Waals surface area contributed by atoms with Crippen molar-refractivity contribution < 1.29 is 31.4 Å². The highest BCUT2D eigenvalue weighted by molar-refractivity contribution is 14.1. The molecule has 1 aromatic rings. The maximum Gasteiger partial charge on any atom is 0.418 e. The second-order valence-electron chi connectivity index (χ2n) is 2.85. The molecule has 0 aromatic heterocycles. The molecule has 1 rings (SSSR count). The van der Waals surface area contributed by atoms with Crippen LogP contribution >= 0.6 is 22.6 Å². The molecule has 0 saturated carbocycles. The van der Waals surface area contributed by atoms with E-state index in [0.717, 1.165) is 22.6 Å². The first-order valence-electron chi connectivity index (χ1n) is 3.70. The van der Waals surface area contributed by atoms with Crippen molar-refractivity contribution in [2.45, 2.75) is 12.4 Å². The van der Waals surface area contributed by atoms with Crippen LogP contribution < -0.4 is 0 Å². The number of hydrogen-bond acceptors (Lipinski definition) is 1. The van der Waals surface area contributed by atoms with E-state index in [4.69, 9.17) is 5.11 Å². The van der Waals surface area contributed by atoms with Gasteiger partial charge in [0.05, 0.1) is 11.1 Å². The van der Waals surface area contributed by atoms with Crippen LogP contribution in [0.3, 0.4) is 0 Å². The first-order chi connectivity index (χ1) is 7.03. The fourth-order valence-electron chi connectivity index (χ4n) is 1.10. The third-order valence-corrected chi connectivity index (χ3v) is 2.51. The van der Waals surface area contributed by atoms with Gasteiger partial charge in [-0.3, -0.25) is 0 Å². The average molecular weight is 356 g/mol. The molecule has 0 bridgehead atoms. The van der Waals surface area contributed by atoms with Gasteiger partial charge in [0.25, 0.3) is 0 Å². The second-order valence-corrected chi connectivity index (χ2v) is 4.01. The summed E-state index contributed by atoms with van der Waals surface area (Å²) in [6, 6.07) is 0.684. The quantitative estimate of drug-likeness (QED) is 0.550. The number of rotatable bonds is 0. The van der Waals surface area contributed by atoms with Gasteiger partial charge in [-0.25, -0.2) is 0 Å². The molecular weight excluding hydrogens is 353 g/mol. The van der Waals surface area contributed by atoms with Crippen molar-refractivity contribution in [3.05, 3.63) is 26.8 Å². The first-order valence-corrected chi connectivity index (χ1v) is 4.78. The van der Waals surface area contributed by atoms with Gasteiger partial charge >= 0.3 is 12.4 Å². The van der Waals surface area contributed by atoms with Gasteiger partial charge in [0.2, 0.25) is 0 Å². The zero-order valence-corrected chi connectivity index (χ0v) is 9.41. The number of phenolic OH excluding ortho intramolecular Hbond substituents is 1. The van der Waals surface area contributed by atoms with E-state index in [1.807, 2.05) is 0 Å². The topological polar surface area (TPSA) is 20.2 Å². The largest absolute Gasteiger partial charge is 0.508 e. The van der Waals surface area contributed by atoms with Crippen LogP contribution in [0.2, 0.25) is 0 Å². The summed E-state index contributed by atoms with van der Waals surface area (Å²) in [7, 11) is 0. The van der Waals surface area contributed by atoms with Crippen LogP contribution in [0, 0.1) is 3.57 Å². The highest BCUT2D eigenvalue weighted by atomic mass is 127.